The van der Waals surface area contributed by atoms with Crippen LogP contribution in [-0.4, -0.2) is 36.6 Å². The van der Waals surface area contributed by atoms with Crippen molar-refractivity contribution in [2.24, 2.45) is 27.1 Å². The van der Waals surface area contributed by atoms with Crippen molar-refractivity contribution in [1.29, 1.82) is 0 Å². The van der Waals surface area contributed by atoms with Gasteiger partial charge in [0, 0.05) is 22.3 Å². The van der Waals surface area contributed by atoms with E-state index in [1.54, 1.807) is 0 Å². The average molecular weight is 889 g/mol. The van der Waals surface area contributed by atoms with E-state index in [1.165, 1.54) is 0 Å². The van der Waals surface area contributed by atoms with Crippen molar-refractivity contribution in [1.82, 2.24) is 0 Å². The monoisotopic (exact) mass is 889 g/mol. The Hall–Kier alpha value is -1.66. The van der Waals surface area contributed by atoms with Gasteiger partial charge in [0.25, 0.3) is 0 Å². The fraction of sp³-hybridized carbons (Fsp3) is 0.765. The van der Waals surface area contributed by atoms with Crippen LogP contribution in [0.3, 0.4) is 0 Å². The molecule has 2 saturated heterocycles. The topological polar surface area (TPSA) is 112 Å². The summed E-state index contributed by atoms with van der Waals surface area (Å²) in [6.07, 6.45) is 3.48. The predicted molar refractivity (Wildman–Crippen MR) is 253 cm³/mol. The molecule has 2 N–H and O–H groups in total. The summed E-state index contributed by atoms with van der Waals surface area (Å²) in [6.45, 7) is 44.1. The van der Waals surface area contributed by atoms with Crippen molar-refractivity contribution in [3.05, 3.63) is 57.6 Å². The Kier molecular flexibility index (Phi) is 14.5. The van der Waals surface area contributed by atoms with Crippen LogP contribution < -0.4 is 0 Å². The van der Waals surface area contributed by atoms with E-state index >= 15 is 0 Å². The zero-order valence-electron chi connectivity index (χ0n) is 42.1. The number of benzene rings is 2. The Morgan fingerprint density at radius 1 is 0.426 bits per heavy atom. The van der Waals surface area contributed by atoms with Gasteiger partial charge in [-0.1, -0.05) is 163 Å². The van der Waals surface area contributed by atoms with Gasteiger partial charge < -0.3 is 28.3 Å². The van der Waals surface area contributed by atoms with E-state index in [0.717, 1.165) is 59.1 Å². The number of phenolic OH excluding ortho intramolecular Hbond substituents is 2. The minimum atomic E-state index is -3.62. The zero-order chi connectivity index (χ0) is 46.8. The molecule has 0 atom stereocenters. The van der Waals surface area contributed by atoms with Crippen LogP contribution in [0.25, 0.3) is 0 Å². The molecule has 2 aliphatic rings. The molecule has 0 aromatic heterocycles. The largest absolute Gasteiger partial charge is 0.507 e. The maximum Gasteiger partial charge on any atom is 0.335 e. The Morgan fingerprint density at radius 3 is 0.803 bits per heavy atom. The lowest BCUT2D eigenvalue weighted by atomic mass is 9.68. The van der Waals surface area contributed by atoms with Crippen LogP contribution >= 0.6 is 15.2 Å². The maximum atomic E-state index is 14.4. The minimum Gasteiger partial charge on any atom is -0.507 e. The number of hydrogen-bond acceptors (Lipinski definition) is 8. The van der Waals surface area contributed by atoms with Gasteiger partial charge in [0.1, 0.15) is 11.5 Å². The van der Waals surface area contributed by atoms with Crippen LogP contribution in [0.5, 0.6) is 11.5 Å². The lowest BCUT2D eigenvalue weighted by molar-refractivity contribution is -0.0690. The SMILES string of the molecule is CC(C)(C)CC(C)(C)c1cc(CP2(=O)OCC3(CO2)COP(=O)(Cc2cc(C(C)(C)CC(C)(C)C)c(O)c(C(C)(C)CC(C)(C)C)c2)OC3)cc(C(C)(C)CC(C)(C)C)c1O. The summed E-state index contributed by atoms with van der Waals surface area (Å²) in [4.78, 5) is 0. The Labute approximate surface area is 372 Å². The van der Waals surface area contributed by atoms with Gasteiger partial charge in [0.05, 0.1) is 44.2 Å². The molecule has 4 rings (SSSR count). The third-order valence-corrected chi connectivity index (χ3v) is 15.8. The van der Waals surface area contributed by atoms with E-state index in [4.69, 9.17) is 18.1 Å². The van der Waals surface area contributed by atoms with Crippen molar-refractivity contribution in [2.75, 3.05) is 26.4 Å². The number of rotatable bonds is 12. The molecule has 0 amide bonds. The Morgan fingerprint density at radius 2 is 0.623 bits per heavy atom. The van der Waals surface area contributed by atoms with E-state index in [1.807, 2.05) is 24.3 Å². The summed E-state index contributed by atoms with van der Waals surface area (Å²) in [5.74, 6) is 0.607. The lowest BCUT2D eigenvalue weighted by Crippen LogP contribution is -2.45. The Balaban J connectivity index is 1.59. The number of hydrogen-bond donors (Lipinski definition) is 2. The van der Waals surface area contributed by atoms with E-state index in [2.05, 4.69) is 138 Å². The molecule has 0 radical (unpaired) electrons. The van der Waals surface area contributed by atoms with Gasteiger partial charge in [-0.05, 0) is 80.1 Å². The molecule has 10 heteroatoms. The first kappa shape index (κ1) is 52.0. The molecule has 0 bridgehead atoms. The van der Waals surface area contributed by atoms with Crippen molar-refractivity contribution in [3.63, 3.8) is 0 Å². The third kappa shape index (κ3) is 13.7. The quantitative estimate of drug-likeness (QED) is 0.203. The highest BCUT2D eigenvalue weighted by atomic mass is 31.2. The van der Waals surface area contributed by atoms with E-state index in [9.17, 15) is 19.3 Å². The summed E-state index contributed by atoms with van der Waals surface area (Å²) in [7, 11) is -7.24. The fourth-order valence-corrected chi connectivity index (χ4v) is 14.9. The van der Waals surface area contributed by atoms with Crippen molar-refractivity contribution in [2.45, 2.75) is 198 Å². The number of phenols is 2. The summed E-state index contributed by atoms with van der Waals surface area (Å²) < 4.78 is 53.6. The highest BCUT2D eigenvalue weighted by Crippen LogP contribution is 2.62. The van der Waals surface area contributed by atoms with E-state index in [0.29, 0.717) is 11.5 Å². The summed E-state index contributed by atoms with van der Waals surface area (Å²) in [6, 6.07) is 7.97. The van der Waals surface area contributed by atoms with Gasteiger partial charge in [-0.2, -0.15) is 0 Å². The van der Waals surface area contributed by atoms with Gasteiger partial charge in [0.15, 0.2) is 0 Å². The average Bonchev–Trinajstić information content (AvgIpc) is 3.01. The highest BCUT2D eigenvalue weighted by molar-refractivity contribution is 7.53. The second-order valence-corrected chi connectivity index (χ2v) is 30.8. The smallest absolute Gasteiger partial charge is 0.335 e. The second kappa shape index (κ2) is 17.0. The van der Waals surface area contributed by atoms with Crippen LogP contribution in [0.2, 0.25) is 0 Å². The second-order valence-electron chi connectivity index (χ2n) is 26.7. The van der Waals surface area contributed by atoms with Crippen molar-refractivity contribution in [3.8, 4) is 11.5 Å². The van der Waals surface area contributed by atoms with Crippen molar-refractivity contribution < 1.29 is 37.4 Å². The minimum absolute atomic E-state index is 0.0136. The summed E-state index contributed by atoms with van der Waals surface area (Å²) in [5.41, 5.74) is 2.78. The molecule has 8 nitrogen and oxygen atoms in total. The highest BCUT2D eigenvalue weighted by Gasteiger charge is 2.49. The van der Waals surface area contributed by atoms with Gasteiger partial charge in [-0.25, -0.2) is 0 Å². The molecule has 61 heavy (non-hydrogen) atoms. The first-order valence-electron chi connectivity index (χ1n) is 22.6. The third-order valence-electron chi connectivity index (χ3n) is 12.2. The molecule has 2 aromatic rings. The molecular formula is C51H86O8P2. The summed E-state index contributed by atoms with van der Waals surface area (Å²) >= 11 is 0. The number of aromatic hydroxyl groups is 2. The first-order valence-corrected chi connectivity index (χ1v) is 26.0. The molecule has 2 heterocycles. The normalized spacial score (nSPS) is 24.1. The molecule has 0 saturated carbocycles. The van der Waals surface area contributed by atoms with Crippen LogP contribution in [-0.2, 0) is 61.2 Å². The van der Waals surface area contributed by atoms with Crippen LogP contribution in [0.1, 0.15) is 198 Å². The van der Waals surface area contributed by atoms with Crippen LogP contribution in [0.15, 0.2) is 24.3 Å². The summed E-state index contributed by atoms with van der Waals surface area (Å²) in [5, 5.41) is 23.9. The molecule has 2 aliphatic heterocycles. The first-order chi connectivity index (χ1) is 27.1. The molecule has 2 aromatic carbocycles. The van der Waals surface area contributed by atoms with Crippen LogP contribution in [0, 0.1) is 27.1 Å². The molecule has 0 unspecified atom stereocenters. The molecular weight excluding hydrogens is 803 g/mol. The molecule has 0 aliphatic carbocycles. The molecule has 1 spiro atoms. The fourth-order valence-electron chi connectivity index (χ4n) is 11.2. The zero-order valence-corrected chi connectivity index (χ0v) is 43.9. The Bertz CT molecular complexity index is 1730. The molecule has 2 fully saturated rings. The van der Waals surface area contributed by atoms with Crippen molar-refractivity contribution >= 4 is 15.2 Å². The van der Waals surface area contributed by atoms with Gasteiger partial charge >= 0.3 is 15.2 Å². The standard InChI is InChI=1S/C51H86O8P2/c1-43(2,3)27-47(13,14)37-21-35(22-38(41(37)52)48(15,16)28-44(4,5)6)25-60(54)56-31-51(32-57-60)33-58-61(55,59-34-51)26-36-23-39(49(17,18)29-45(7,8)9)42(53)40(24-36)50(19,20)30-46(10,11)12/h21-24,52-53H,25-34H2,1-20H3. The van der Waals surface area contributed by atoms with Crippen LogP contribution in [0.4, 0.5) is 0 Å². The lowest BCUT2D eigenvalue weighted by Gasteiger charge is -2.43. The maximum absolute atomic E-state index is 14.4. The molecule has 348 valence electrons. The van der Waals surface area contributed by atoms with Gasteiger partial charge in [-0.15, -0.1) is 0 Å². The van der Waals surface area contributed by atoms with E-state index in [-0.39, 0.29) is 82.1 Å². The van der Waals surface area contributed by atoms with Gasteiger partial charge in [0.2, 0.25) is 0 Å². The predicted octanol–water partition coefficient (Wildman–Crippen LogP) is 15.1. The van der Waals surface area contributed by atoms with Gasteiger partial charge in [-0.3, -0.25) is 9.13 Å². The van der Waals surface area contributed by atoms with E-state index < -0.39 is 20.6 Å².